The number of aliphatic carboxylic acids is 1. The van der Waals surface area contributed by atoms with Crippen molar-refractivity contribution in [3.05, 3.63) is 12.2 Å². The van der Waals surface area contributed by atoms with Gasteiger partial charge in [0.15, 0.2) is 0 Å². The summed E-state index contributed by atoms with van der Waals surface area (Å²) < 4.78 is 0. The van der Waals surface area contributed by atoms with Gasteiger partial charge in [0.1, 0.15) is 6.04 Å². The lowest BCUT2D eigenvalue weighted by Gasteiger charge is -2.09. The fourth-order valence-electron chi connectivity index (χ4n) is 0.867. The fourth-order valence-corrected chi connectivity index (χ4v) is 0.867. The Morgan fingerprint density at radius 3 is 2.58 bits per heavy atom. The van der Waals surface area contributed by atoms with Crippen molar-refractivity contribution < 1.29 is 9.90 Å². The van der Waals surface area contributed by atoms with Crippen LogP contribution < -0.4 is 5.32 Å². The third-order valence-electron chi connectivity index (χ3n) is 1.59. The second-order valence-electron chi connectivity index (χ2n) is 2.59. The zero-order chi connectivity index (χ0) is 9.40. The summed E-state index contributed by atoms with van der Waals surface area (Å²) in [5.41, 5.74) is 0. The van der Waals surface area contributed by atoms with Crippen molar-refractivity contribution in [1.82, 2.24) is 5.32 Å². The Balaban J connectivity index is 3.58. The van der Waals surface area contributed by atoms with Crippen molar-refractivity contribution in [3.8, 4) is 0 Å². The molecule has 0 rings (SSSR count). The molecular formula is C9H17NO2. The van der Waals surface area contributed by atoms with Gasteiger partial charge in [-0.1, -0.05) is 26.0 Å². The van der Waals surface area contributed by atoms with Crippen LogP contribution >= 0.6 is 0 Å². The highest BCUT2D eigenvalue weighted by Gasteiger charge is 2.11. The highest BCUT2D eigenvalue weighted by atomic mass is 16.4. The summed E-state index contributed by atoms with van der Waals surface area (Å²) in [4.78, 5) is 10.5. The zero-order valence-electron chi connectivity index (χ0n) is 7.71. The van der Waals surface area contributed by atoms with Gasteiger partial charge in [-0.05, 0) is 12.8 Å². The van der Waals surface area contributed by atoms with Crippen LogP contribution in [0.1, 0.15) is 26.7 Å². The highest BCUT2D eigenvalue weighted by molar-refractivity contribution is 5.73. The van der Waals surface area contributed by atoms with E-state index in [0.717, 1.165) is 6.42 Å². The lowest BCUT2D eigenvalue weighted by atomic mass is 10.2. The molecule has 0 heterocycles. The largest absolute Gasteiger partial charge is 0.480 e. The Kier molecular flexibility index (Phi) is 6.38. The maximum Gasteiger partial charge on any atom is 0.320 e. The fraction of sp³-hybridized carbons (Fsp3) is 0.667. The standard InChI is InChI=1S/C9H17NO2/c1-3-5-6-7-10-8(4-2)9(11)12/h5-6,8,10H,3-4,7H2,1-2H3,(H,11,12). The second-order valence-corrected chi connectivity index (χ2v) is 2.59. The van der Waals surface area contributed by atoms with Gasteiger partial charge in [0.05, 0.1) is 0 Å². The van der Waals surface area contributed by atoms with Gasteiger partial charge in [0, 0.05) is 6.54 Å². The minimum absolute atomic E-state index is 0.411. The average Bonchev–Trinajstić information content (AvgIpc) is 2.04. The number of carboxylic acid groups (broad SMARTS) is 1. The number of nitrogens with one attached hydrogen (secondary N) is 1. The molecule has 3 nitrogen and oxygen atoms in total. The molecule has 0 bridgehead atoms. The van der Waals surface area contributed by atoms with E-state index in [-0.39, 0.29) is 0 Å². The molecule has 3 heteroatoms. The van der Waals surface area contributed by atoms with Crippen molar-refractivity contribution in [2.45, 2.75) is 32.7 Å². The molecule has 12 heavy (non-hydrogen) atoms. The van der Waals surface area contributed by atoms with Crippen molar-refractivity contribution in [1.29, 1.82) is 0 Å². The second kappa shape index (κ2) is 6.85. The van der Waals surface area contributed by atoms with Gasteiger partial charge >= 0.3 is 5.97 Å². The van der Waals surface area contributed by atoms with Crippen molar-refractivity contribution >= 4 is 5.97 Å². The summed E-state index contributed by atoms with van der Waals surface area (Å²) in [6, 6.07) is -0.411. The molecule has 0 aliphatic rings. The summed E-state index contributed by atoms with van der Waals surface area (Å²) >= 11 is 0. The van der Waals surface area contributed by atoms with Gasteiger partial charge < -0.3 is 10.4 Å². The zero-order valence-corrected chi connectivity index (χ0v) is 7.71. The van der Waals surface area contributed by atoms with Gasteiger partial charge in [-0.15, -0.1) is 0 Å². The molecule has 0 aromatic rings. The molecule has 0 amide bonds. The predicted molar refractivity (Wildman–Crippen MR) is 49.1 cm³/mol. The van der Waals surface area contributed by atoms with E-state index < -0.39 is 12.0 Å². The SMILES string of the molecule is CCC=CCNC(CC)C(=O)O. The number of hydrogen-bond acceptors (Lipinski definition) is 2. The van der Waals surface area contributed by atoms with E-state index in [4.69, 9.17) is 5.11 Å². The first kappa shape index (κ1) is 11.2. The quantitative estimate of drug-likeness (QED) is 0.594. The number of carboxylic acids is 1. The van der Waals surface area contributed by atoms with Crippen LogP contribution in [0.25, 0.3) is 0 Å². The van der Waals surface area contributed by atoms with Crippen LogP contribution in [0.4, 0.5) is 0 Å². The molecule has 2 N–H and O–H groups in total. The van der Waals surface area contributed by atoms with Crippen LogP contribution in [-0.2, 0) is 4.79 Å². The predicted octanol–water partition coefficient (Wildman–Crippen LogP) is 1.41. The molecule has 0 spiro atoms. The molecule has 0 aliphatic carbocycles. The molecule has 1 atom stereocenters. The number of allylic oxidation sites excluding steroid dienone is 1. The summed E-state index contributed by atoms with van der Waals surface area (Å²) in [6.45, 7) is 4.54. The molecule has 0 saturated heterocycles. The summed E-state index contributed by atoms with van der Waals surface area (Å²) in [7, 11) is 0. The Bertz CT molecular complexity index is 155. The number of hydrogen-bond donors (Lipinski definition) is 2. The van der Waals surface area contributed by atoms with E-state index in [2.05, 4.69) is 5.32 Å². The third kappa shape index (κ3) is 4.91. The van der Waals surface area contributed by atoms with E-state index in [9.17, 15) is 4.79 Å². The maximum absolute atomic E-state index is 10.5. The van der Waals surface area contributed by atoms with Crippen LogP contribution in [0.5, 0.6) is 0 Å². The minimum Gasteiger partial charge on any atom is -0.480 e. The van der Waals surface area contributed by atoms with Crippen LogP contribution in [0.3, 0.4) is 0 Å². The van der Waals surface area contributed by atoms with Crippen molar-refractivity contribution in [2.75, 3.05) is 6.54 Å². The first-order chi connectivity index (χ1) is 5.72. The van der Waals surface area contributed by atoms with Crippen molar-refractivity contribution in [3.63, 3.8) is 0 Å². The molecule has 0 aromatic carbocycles. The van der Waals surface area contributed by atoms with Crippen LogP contribution in [-0.4, -0.2) is 23.7 Å². The van der Waals surface area contributed by atoms with Gasteiger partial charge in [0.2, 0.25) is 0 Å². The first-order valence-electron chi connectivity index (χ1n) is 4.33. The topological polar surface area (TPSA) is 49.3 Å². The lowest BCUT2D eigenvalue weighted by molar-refractivity contribution is -0.139. The van der Waals surface area contributed by atoms with E-state index in [1.807, 2.05) is 26.0 Å². The minimum atomic E-state index is -0.776. The Labute approximate surface area is 73.5 Å². The van der Waals surface area contributed by atoms with E-state index in [0.29, 0.717) is 13.0 Å². The highest BCUT2D eigenvalue weighted by Crippen LogP contribution is 1.90. The lowest BCUT2D eigenvalue weighted by Crippen LogP contribution is -2.35. The summed E-state index contributed by atoms with van der Waals surface area (Å²) in [5.74, 6) is -0.776. The van der Waals surface area contributed by atoms with Gasteiger partial charge in [-0.2, -0.15) is 0 Å². The Morgan fingerprint density at radius 2 is 2.17 bits per heavy atom. The molecule has 0 radical (unpaired) electrons. The van der Waals surface area contributed by atoms with Crippen LogP contribution in [0, 0.1) is 0 Å². The average molecular weight is 171 g/mol. The number of rotatable bonds is 6. The van der Waals surface area contributed by atoms with Crippen molar-refractivity contribution in [2.24, 2.45) is 0 Å². The van der Waals surface area contributed by atoms with Crippen LogP contribution in [0.2, 0.25) is 0 Å². The first-order valence-corrected chi connectivity index (χ1v) is 4.33. The molecule has 0 saturated carbocycles. The molecule has 0 aliphatic heterocycles. The maximum atomic E-state index is 10.5. The Hall–Kier alpha value is -0.830. The van der Waals surface area contributed by atoms with E-state index >= 15 is 0 Å². The van der Waals surface area contributed by atoms with E-state index in [1.165, 1.54) is 0 Å². The molecule has 0 fully saturated rings. The molecular weight excluding hydrogens is 154 g/mol. The summed E-state index contributed by atoms with van der Waals surface area (Å²) in [6.07, 6.45) is 5.58. The normalized spacial score (nSPS) is 13.5. The van der Waals surface area contributed by atoms with E-state index in [1.54, 1.807) is 0 Å². The Morgan fingerprint density at radius 1 is 1.50 bits per heavy atom. The molecule has 1 unspecified atom stereocenters. The monoisotopic (exact) mass is 171 g/mol. The molecule has 70 valence electrons. The smallest absolute Gasteiger partial charge is 0.320 e. The molecule has 0 aromatic heterocycles. The van der Waals surface area contributed by atoms with Gasteiger partial charge in [-0.25, -0.2) is 0 Å². The van der Waals surface area contributed by atoms with Gasteiger partial charge in [0.25, 0.3) is 0 Å². The summed E-state index contributed by atoms with van der Waals surface area (Å²) in [5, 5.41) is 11.6. The van der Waals surface area contributed by atoms with Crippen LogP contribution in [0.15, 0.2) is 12.2 Å². The van der Waals surface area contributed by atoms with Gasteiger partial charge in [-0.3, -0.25) is 4.79 Å². The number of carbonyl (C=O) groups is 1. The third-order valence-corrected chi connectivity index (χ3v) is 1.59.